The smallest absolute Gasteiger partial charge is 0.244 e. The molecular weight excluding hydrogens is 610 g/mol. The zero-order chi connectivity index (χ0) is 32.2. The molecule has 8 nitrogen and oxygen atoms in total. The normalized spacial score (nSPS) is 11.8. The molecule has 0 aliphatic heterocycles. The van der Waals surface area contributed by atoms with E-state index in [1.165, 1.54) is 4.90 Å². The maximum absolute atomic E-state index is 14.2. The molecule has 0 spiro atoms. The highest BCUT2D eigenvalue weighted by molar-refractivity contribution is 7.92. The molecule has 10 heteroatoms. The average molecular weight is 648 g/mol. The number of anilines is 1. The number of hydrogen-bond donors (Lipinski definition) is 1. The number of sulfonamides is 1. The van der Waals surface area contributed by atoms with Crippen molar-refractivity contribution in [1.82, 2.24) is 10.2 Å². The molecule has 4 aromatic rings. The van der Waals surface area contributed by atoms with Crippen LogP contribution in [0.25, 0.3) is 0 Å². The minimum absolute atomic E-state index is 0.0551. The van der Waals surface area contributed by atoms with E-state index in [1.807, 2.05) is 73.7 Å². The van der Waals surface area contributed by atoms with E-state index in [1.54, 1.807) is 42.5 Å². The Morgan fingerprint density at radius 2 is 1.47 bits per heavy atom. The van der Waals surface area contributed by atoms with Crippen LogP contribution in [0.3, 0.4) is 0 Å². The van der Waals surface area contributed by atoms with Crippen LogP contribution in [0.1, 0.15) is 30.9 Å². The van der Waals surface area contributed by atoms with Gasteiger partial charge >= 0.3 is 0 Å². The number of rotatable bonds is 15. The molecule has 1 N–H and O–H groups in total. The van der Waals surface area contributed by atoms with E-state index in [4.69, 9.17) is 16.3 Å². The lowest BCUT2D eigenvalue weighted by Crippen LogP contribution is -2.53. The van der Waals surface area contributed by atoms with E-state index in [0.717, 1.165) is 29.0 Å². The predicted octanol–water partition coefficient (Wildman–Crippen LogP) is 6.45. The number of para-hydroxylation sites is 1. The van der Waals surface area contributed by atoms with Crippen molar-refractivity contribution in [3.8, 4) is 11.5 Å². The molecule has 4 aromatic carbocycles. The Bertz CT molecular complexity index is 1650. The molecule has 0 fully saturated rings. The first kappa shape index (κ1) is 33.6. The quantitative estimate of drug-likeness (QED) is 0.150. The number of carbonyl (C=O) groups is 2. The maximum atomic E-state index is 14.2. The Morgan fingerprint density at radius 3 is 2.09 bits per heavy atom. The van der Waals surface area contributed by atoms with Crippen LogP contribution in [0.2, 0.25) is 5.02 Å². The highest BCUT2D eigenvalue weighted by Crippen LogP contribution is 2.26. The van der Waals surface area contributed by atoms with Crippen LogP contribution in [0.15, 0.2) is 109 Å². The zero-order valence-electron chi connectivity index (χ0n) is 25.4. The van der Waals surface area contributed by atoms with Crippen molar-refractivity contribution in [1.29, 1.82) is 0 Å². The molecule has 0 aliphatic carbocycles. The van der Waals surface area contributed by atoms with Gasteiger partial charge in [-0.25, -0.2) is 8.42 Å². The average Bonchev–Trinajstić information content (AvgIpc) is 3.02. The molecule has 2 amide bonds. The van der Waals surface area contributed by atoms with Gasteiger partial charge in [0.15, 0.2) is 0 Å². The van der Waals surface area contributed by atoms with Gasteiger partial charge in [-0.15, -0.1) is 0 Å². The summed E-state index contributed by atoms with van der Waals surface area (Å²) in [5.74, 6) is 0.310. The first-order chi connectivity index (χ1) is 21.6. The second-order valence-electron chi connectivity index (χ2n) is 10.7. The van der Waals surface area contributed by atoms with Crippen LogP contribution in [0.5, 0.6) is 11.5 Å². The number of benzene rings is 4. The first-order valence-corrected chi connectivity index (χ1v) is 17.0. The summed E-state index contributed by atoms with van der Waals surface area (Å²) in [6, 6.07) is 31.3. The van der Waals surface area contributed by atoms with Crippen LogP contribution in [-0.4, -0.2) is 50.5 Å². The minimum Gasteiger partial charge on any atom is -0.457 e. The van der Waals surface area contributed by atoms with Gasteiger partial charge in [-0.05, 0) is 66.1 Å². The summed E-state index contributed by atoms with van der Waals surface area (Å²) in [7, 11) is -3.90. The van der Waals surface area contributed by atoms with Gasteiger partial charge in [-0.1, -0.05) is 85.6 Å². The largest absolute Gasteiger partial charge is 0.457 e. The van der Waals surface area contributed by atoms with Crippen LogP contribution >= 0.6 is 11.6 Å². The molecule has 45 heavy (non-hydrogen) atoms. The van der Waals surface area contributed by atoms with E-state index in [2.05, 4.69) is 5.32 Å². The third kappa shape index (κ3) is 10.1. The lowest BCUT2D eigenvalue weighted by Gasteiger charge is -2.33. The highest BCUT2D eigenvalue weighted by Gasteiger charge is 2.33. The Morgan fingerprint density at radius 1 is 0.844 bits per heavy atom. The molecule has 0 unspecified atom stereocenters. The molecule has 236 valence electrons. The van der Waals surface area contributed by atoms with Crippen LogP contribution in [0.4, 0.5) is 5.69 Å². The van der Waals surface area contributed by atoms with E-state index < -0.39 is 28.5 Å². The van der Waals surface area contributed by atoms with Crippen molar-refractivity contribution in [2.24, 2.45) is 0 Å². The number of unbranched alkanes of at least 4 members (excludes halogenated alkanes) is 1. The van der Waals surface area contributed by atoms with Crippen molar-refractivity contribution in [3.63, 3.8) is 0 Å². The summed E-state index contributed by atoms with van der Waals surface area (Å²) in [4.78, 5) is 29.4. The predicted molar refractivity (Wildman–Crippen MR) is 179 cm³/mol. The van der Waals surface area contributed by atoms with Crippen molar-refractivity contribution in [2.45, 2.75) is 38.8 Å². The van der Waals surface area contributed by atoms with E-state index in [-0.39, 0.29) is 18.9 Å². The number of nitrogens with one attached hydrogen (secondary N) is 1. The Hall–Kier alpha value is -4.34. The molecule has 1 atom stereocenters. The van der Waals surface area contributed by atoms with E-state index in [0.29, 0.717) is 34.3 Å². The monoisotopic (exact) mass is 647 g/mol. The van der Waals surface area contributed by atoms with E-state index in [9.17, 15) is 18.0 Å². The van der Waals surface area contributed by atoms with Crippen molar-refractivity contribution >= 4 is 39.1 Å². The Kier molecular flexibility index (Phi) is 12.0. The third-order valence-electron chi connectivity index (χ3n) is 7.13. The van der Waals surface area contributed by atoms with Gasteiger partial charge in [0.05, 0.1) is 11.9 Å². The Labute approximate surface area is 270 Å². The number of amides is 2. The standard InChI is InChI=1S/C35H38ClN3O5S/c1-3-4-22-37-35(41)33(24-27-12-7-5-8-13-27)38(25-28-14-11-15-29(36)23-28)34(40)26-39(45(2,42)43)30-18-20-32(21-19-30)44-31-16-9-6-10-17-31/h5-21,23,33H,3-4,22,24-26H2,1-2H3,(H,37,41)/t33-/m1/s1. The SMILES string of the molecule is CCCCNC(=O)[C@@H](Cc1ccccc1)N(Cc1cccc(Cl)c1)C(=O)CN(c1ccc(Oc2ccccc2)cc1)S(C)(=O)=O. The van der Waals surface area contributed by atoms with E-state index >= 15 is 0 Å². The van der Waals surface area contributed by atoms with Gasteiger partial charge < -0.3 is 15.0 Å². The number of ether oxygens (including phenoxy) is 1. The second kappa shape index (κ2) is 16.1. The molecular formula is C35H38ClN3O5S. The number of carbonyl (C=O) groups excluding carboxylic acids is 2. The number of hydrogen-bond acceptors (Lipinski definition) is 5. The minimum atomic E-state index is -3.90. The molecule has 4 rings (SSSR count). The highest BCUT2D eigenvalue weighted by atomic mass is 35.5. The van der Waals surface area contributed by atoms with Crippen LogP contribution in [0, 0.1) is 0 Å². The topological polar surface area (TPSA) is 96.0 Å². The molecule has 0 saturated heterocycles. The van der Waals surface area contributed by atoms with Crippen molar-refractivity contribution in [3.05, 3.63) is 125 Å². The summed E-state index contributed by atoms with van der Waals surface area (Å²) < 4.78 is 33.0. The maximum Gasteiger partial charge on any atom is 0.244 e. The van der Waals surface area contributed by atoms with Gasteiger partial charge in [0.2, 0.25) is 21.8 Å². The van der Waals surface area contributed by atoms with Crippen molar-refractivity contribution in [2.75, 3.05) is 23.7 Å². The molecule has 0 aliphatic rings. The molecule has 0 aromatic heterocycles. The fourth-order valence-electron chi connectivity index (χ4n) is 4.81. The lowest BCUT2D eigenvalue weighted by atomic mass is 10.0. The first-order valence-electron chi connectivity index (χ1n) is 14.8. The summed E-state index contributed by atoms with van der Waals surface area (Å²) in [5, 5.41) is 3.46. The fraction of sp³-hybridized carbons (Fsp3) is 0.257. The van der Waals surface area contributed by atoms with Gasteiger partial charge in [0.1, 0.15) is 24.1 Å². The van der Waals surface area contributed by atoms with Gasteiger partial charge in [0.25, 0.3) is 0 Å². The third-order valence-corrected chi connectivity index (χ3v) is 8.50. The van der Waals surface area contributed by atoms with Gasteiger partial charge in [-0.2, -0.15) is 0 Å². The molecule has 0 bridgehead atoms. The van der Waals surface area contributed by atoms with Gasteiger partial charge in [0, 0.05) is 24.5 Å². The summed E-state index contributed by atoms with van der Waals surface area (Å²) in [5.41, 5.74) is 1.87. The summed E-state index contributed by atoms with van der Waals surface area (Å²) >= 11 is 6.27. The number of nitrogens with zero attached hydrogens (tertiary/aromatic N) is 2. The molecule has 0 heterocycles. The molecule has 0 saturated carbocycles. The van der Waals surface area contributed by atoms with Crippen molar-refractivity contribution < 1.29 is 22.7 Å². The second-order valence-corrected chi connectivity index (χ2v) is 13.0. The zero-order valence-corrected chi connectivity index (χ0v) is 27.0. The Balaban J connectivity index is 1.66. The fourth-order valence-corrected chi connectivity index (χ4v) is 5.87. The lowest BCUT2D eigenvalue weighted by molar-refractivity contribution is -0.140. The van der Waals surface area contributed by atoms with Crippen LogP contribution < -0.4 is 14.4 Å². The summed E-state index contributed by atoms with van der Waals surface area (Å²) in [6.07, 6.45) is 2.98. The van der Waals surface area contributed by atoms with Crippen LogP contribution in [-0.2, 0) is 32.6 Å². The van der Waals surface area contributed by atoms with Gasteiger partial charge in [-0.3, -0.25) is 13.9 Å². The molecule has 0 radical (unpaired) electrons. The number of halogens is 1. The summed E-state index contributed by atoms with van der Waals surface area (Å²) in [6.45, 7) is 2.04.